The molecule has 0 aliphatic heterocycles. The van der Waals surface area contributed by atoms with Crippen LogP contribution in [0, 0.1) is 0 Å². The minimum Gasteiger partial charge on any atom is -0.392 e. The highest BCUT2D eigenvalue weighted by molar-refractivity contribution is 5.93. The molecule has 0 saturated heterocycles. The number of nitrogens with zero attached hydrogens (tertiary/aromatic N) is 3. The molecule has 128 valence electrons. The Labute approximate surface area is 149 Å². The van der Waals surface area contributed by atoms with E-state index in [1.165, 1.54) is 0 Å². The van der Waals surface area contributed by atoms with Crippen LogP contribution in [0.5, 0.6) is 0 Å². The minimum absolute atomic E-state index is 0.0184. The fraction of sp³-hybridized carbons (Fsp3) is 0.0500. The Morgan fingerprint density at radius 1 is 1.04 bits per heavy atom. The van der Waals surface area contributed by atoms with Gasteiger partial charge < -0.3 is 10.8 Å². The lowest BCUT2D eigenvalue weighted by Gasteiger charge is -2.06. The molecule has 1 amide bonds. The van der Waals surface area contributed by atoms with Crippen molar-refractivity contribution in [2.45, 2.75) is 6.61 Å². The minimum atomic E-state index is -0.458. The van der Waals surface area contributed by atoms with E-state index >= 15 is 0 Å². The number of aromatic nitrogens is 3. The molecule has 26 heavy (non-hydrogen) atoms. The van der Waals surface area contributed by atoms with Crippen LogP contribution in [0.3, 0.4) is 0 Å². The molecule has 2 aromatic heterocycles. The molecule has 0 spiro atoms. The first kappa shape index (κ1) is 16.0. The number of aliphatic hydroxyl groups excluding tert-OH is 1. The van der Waals surface area contributed by atoms with Gasteiger partial charge in [-0.05, 0) is 35.9 Å². The third-order valence-electron chi connectivity index (χ3n) is 4.23. The highest BCUT2D eigenvalue weighted by atomic mass is 16.3. The molecule has 4 aromatic rings. The summed E-state index contributed by atoms with van der Waals surface area (Å²) in [6, 6.07) is 18.4. The number of fused-ring (bicyclic) bond motifs is 1. The number of primary amides is 1. The van der Waals surface area contributed by atoms with Crippen molar-refractivity contribution in [3.8, 4) is 22.5 Å². The van der Waals surface area contributed by atoms with Gasteiger partial charge in [0.05, 0.1) is 24.2 Å². The molecule has 0 saturated carbocycles. The monoisotopic (exact) mass is 344 g/mol. The highest BCUT2D eigenvalue weighted by Gasteiger charge is 2.10. The Morgan fingerprint density at radius 2 is 1.85 bits per heavy atom. The van der Waals surface area contributed by atoms with E-state index in [-0.39, 0.29) is 6.61 Å². The molecule has 2 aromatic carbocycles. The van der Waals surface area contributed by atoms with Gasteiger partial charge in [0.2, 0.25) is 5.91 Å². The van der Waals surface area contributed by atoms with Crippen molar-refractivity contribution >= 4 is 11.6 Å². The predicted octanol–water partition coefficient (Wildman–Crippen LogP) is 2.65. The molecule has 0 fully saturated rings. The summed E-state index contributed by atoms with van der Waals surface area (Å²) in [5, 5.41) is 14.0. The summed E-state index contributed by atoms with van der Waals surface area (Å²) in [5.41, 5.74) is 10.7. The van der Waals surface area contributed by atoms with Crippen LogP contribution in [0.4, 0.5) is 0 Å². The van der Waals surface area contributed by atoms with Crippen LogP contribution in [0.1, 0.15) is 15.9 Å². The maximum absolute atomic E-state index is 11.2. The number of carbonyl (C=O) groups is 1. The summed E-state index contributed by atoms with van der Waals surface area (Å²) in [6.45, 7) is -0.0184. The van der Waals surface area contributed by atoms with E-state index < -0.39 is 5.91 Å². The number of amides is 1. The van der Waals surface area contributed by atoms with Crippen LogP contribution >= 0.6 is 0 Å². The molecule has 2 heterocycles. The lowest BCUT2D eigenvalue weighted by atomic mass is 10.1. The lowest BCUT2D eigenvalue weighted by Crippen LogP contribution is -2.10. The van der Waals surface area contributed by atoms with E-state index in [4.69, 9.17) is 5.73 Å². The quantitative estimate of drug-likeness (QED) is 0.595. The summed E-state index contributed by atoms with van der Waals surface area (Å²) in [5.74, 6) is -0.458. The van der Waals surface area contributed by atoms with Gasteiger partial charge in [0, 0.05) is 16.7 Å². The fourth-order valence-electron chi connectivity index (χ4n) is 2.86. The maximum Gasteiger partial charge on any atom is 0.248 e. The first-order valence-corrected chi connectivity index (χ1v) is 8.11. The summed E-state index contributed by atoms with van der Waals surface area (Å²) >= 11 is 0. The molecule has 0 radical (unpaired) electrons. The molecule has 0 bridgehead atoms. The van der Waals surface area contributed by atoms with Crippen LogP contribution in [-0.4, -0.2) is 25.6 Å². The van der Waals surface area contributed by atoms with E-state index in [0.29, 0.717) is 5.56 Å². The number of carbonyl (C=O) groups excluding carboxylic acids is 1. The van der Waals surface area contributed by atoms with Gasteiger partial charge in [0.25, 0.3) is 0 Å². The number of aliphatic hydroxyl groups is 1. The zero-order valence-electron chi connectivity index (χ0n) is 13.8. The topological polar surface area (TPSA) is 93.5 Å². The third kappa shape index (κ3) is 2.82. The molecule has 0 atom stereocenters. The van der Waals surface area contributed by atoms with E-state index in [0.717, 1.165) is 33.7 Å². The predicted molar refractivity (Wildman–Crippen MR) is 98.3 cm³/mol. The van der Waals surface area contributed by atoms with Gasteiger partial charge in [0.1, 0.15) is 0 Å². The summed E-state index contributed by atoms with van der Waals surface area (Å²) in [4.78, 5) is 15.6. The molecule has 6 nitrogen and oxygen atoms in total. The zero-order chi connectivity index (χ0) is 18.1. The second-order valence-corrected chi connectivity index (χ2v) is 5.93. The normalized spacial score (nSPS) is 11.0. The fourth-order valence-corrected chi connectivity index (χ4v) is 2.86. The Hall–Kier alpha value is -3.51. The first-order valence-electron chi connectivity index (χ1n) is 8.11. The molecule has 3 N–H and O–H groups in total. The van der Waals surface area contributed by atoms with Crippen molar-refractivity contribution in [3.05, 3.63) is 78.0 Å². The largest absolute Gasteiger partial charge is 0.392 e. The van der Waals surface area contributed by atoms with Crippen LogP contribution in [0.15, 0.2) is 66.9 Å². The second kappa shape index (κ2) is 6.42. The van der Waals surface area contributed by atoms with Gasteiger partial charge in [-0.1, -0.05) is 30.3 Å². The van der Waals surface area contributed by atoms with Crippen molar-refractivity contribution in [1.29, 1.82) is 0 Å². The van der Waals surface area contributed by atoms with Gasteiger partial charge in [-0.25, -0.2) is 9.50 Å². The van der Waals surface area contributed by atoms with Gasteiger partial charge in [0.15, 0.2) is 5.65 Å². The standard InChI is InChI=1S/C20H16N4O2/c21-20(26)15-6-4-14(5-7-15)17-8-9-19-22-11-18(24(19)23-17)16-3-1-2-13(10-16)12-25/h1-11,25H,12H2,(H2,21,26). The Morgan fingerprint density at radius 3 is 2.58 bits per heavy atom. The number of nitrogens with two attached hydrogens (primary N) is 1. The number of hydrogen-bond acceptors (Lipinski definition) is 4. The summed E-state index contributed by atoms with van der Waals surface area (Å²) in [6.07, 6.45) is 1.76. The molecule has 0 aliphatic carbocycles. The molecule has 0 aliphatic rings. The van der Waals surface area contributed by atoms with Gasteiger partial charge in [-0.2, -0.15) is 5.10 Å². The first-order chi connectivity index (χ1) is 12.7. The van der Waals surface area contributed by atoms with Crippen molar-refractivity contribution in [2.24, 2.45) is 5.73 Å². The molecule has 6 heteroatoms. The average molecular weight is 344 g/mol. The second-order valence-electron chi connectivity index (χ2n) is 5.93. The number of hydrogen-bond donors (Lipinski definition) is 2. The lowest BCUT2D eigenvalue weighted by molar-refractivity contribution is 0.100. The summed E-state index contributed by atoms with van der Waals surface area (Å²) in [7, 11) is 0. The average Bonchev–Trinajstić information content (AvgIpc) is 3.11. The smallest absolute Gasteiger partial charge is 0.248 e. The Bertz CT molecular complexity index is 1100. The van der Waals surface area contributed by atoms with Crippen molar-refractivity contribution in [3.63, 3.8) is 0 Å². The Balaban J connectivity index is 1.80. The highest BCUT2D eigenvalue weighted by Crippen LogP contribution is 2.24. The van der Waals surface area contributed by atoms with Gasteiger partial charge in [-0.3, -0.25) is 4.79 Å². The van der Waals surface area contributed by atoms with Crippen molar-refractivity contribution < 1.29 is 9.90 Å². The van der Waals surface area contributed by atoms with E-state index in [1.54, 1.807) is 22.8 Å². The van der Waals surface area contributed by atoms with Crippen LogP contribution in [0.2, 0.25) is 0 Å². The van der Waals surface area contributed by atoms with Crippen molar-refractivity contribution in [2.75, 3.05) is 0 Å². The van der Waals surface area contributed by atoms with Crippen LogP contribution in [-0.2, 0) is 6.61 Å². The van der Waals surface area contributed by atoms with Gasteiger partial charge >= 0.3 is 0 Å². The number of benzene rings is 2. The Kier molecular flexibility index (Phi) is 3.95. The molecule has 0 unspecified atom stereocenters. The van der Waals surface area contributed by atoms with Gasteiger partial charge in [-0.15, -0.1) is 0 Å². The molecular formula is C20H16N4O2. The van der Waals surface area contributed by atoms with E-state index in [1.807, 2.05) is 48.5 Å². The van der Waals surface area contributed by atoms with Crippen LogP contribution in [0.25, 0.3) is 28.2 Å². The SMILES string of the molecule is NC(=O)c1ccc(-c2ccc3ncc(-c4cccc(CO)c4)n3n2)cc1. The molecular weight excluding hydrogens is 328 g/mol. The zero-order valence-corrected chi connectivity index (χ0v) is 13.8. The van der Waals surface area contributed by atoms with Crippen molar-refractivity contribution in [1.82, 2.24) is 14.6 Å². The number of imidazole rings is 1. The molecule has 4 rings (SSSR count). The third-order valence-corrected chi connectivity index (χ3v) is 4.23. The van der Waals surface area contributed by atoms with E-state index in [2.05, 4.69) is 10.1 Å². The number of rotatable bonds is 4. The maximum atomic E-state index is 11.2. The summed E-state index contributed by atoms with van der Waals surface area (Å²) < 4.78 is 1.77. The van der Waals surface area contributed by atoms with Crippen LogP contribution < -0.4 is 5.73 Å². The van der Waals surface area contributed by atoms with E-state index in [9.17, 15) is 9.90 Å².